The smallest absolute Gasteiger partial charge is 0.164 e. The molecule has 0 aliphatic carbocycles. The van der Waals surface area contributed by atoms with Crippen LogP contribution in [0, 0.1) is 0 Å². The molecular weight excluding hydrogens is 875 g/mol. The van der Waals surface area contributed by atoms with Crippen molar-refractivity contribution in [3.63, 3.8) is 0 Å². The summed E-state index contributed by atoms with van der Waals surface area (Å²) in [5.41, 5.74) is 13.4. The molecule has 10 aromatic carbocycles. The topological polar surface area (TPSA) is 61.7 Å². The third kappa shape index (κ3) is 5.89. The fraction of sp³-hybridized carbons (Fsp3) is 0. The third-order valence-electron chi connectivity index (χ3n) is 14.0. The summed E-state index contributed by atoms with van der Waals surface area (Å²) >= 11 is 1.84. The predicted octanol–water partition coefficient (Wildman–Crippen LogP) is 17.0. The average molecular weight is 912 g/mol. The highest BCUT2D eigenvalue weighted by molar-refractivity contribution is 7.26. The van der Waals surface area contributed by atoms with E-state index in [1.54, 1.807) is 0 Å². The highest BCUT2D eigenvalue weighted by Gasteiger charge is 2.21. The SMILES string of the molecule is c1ccc(-c2nc(-c3cccc(-n4c5ccccc5c5ccccc54)c3)nc(-c3cccc4oc5ccc(-c6cccc7sc8ccc(-n9c%10ccccc%10c%10ccccc%109)cc8c67)cc5c34)n2)cc1. The van der Waals surface area contributed by atoms with Crippen LogP contribution in [-0.2, 0) is 0 Å². The van der Waals surface area contributed by atoms with E-state index < -0.39 is 0 Å². The summed E-state index contributed by atoms with van der Waals surface area (Å²) in [6.07, 6.45) is 0. The summed E-state index contributed by atoms with van der Waals surface area (Å²) in [7, 11) is 0. The number of fused-ring (bicyclic) bond motifs is 12. The summed E-state index contributed by atoms with van der Waals surface area (Å²) < 4.78 is 13.9. The summed E-state index contributed by atoms with van der Waals surface area (Å²) in [6, 6.07) is 79.6. The Labute approximate surface area is 404 Å². The van der Waals surface area contributed by atoms with Crippen LogP contribution in [0.25, 0.3) is 142 Å². The summed E-state index contributed by atoms with van der Waals surface area (Å²) in [4.78, 5) is 15.7. The van der Waals surface area contributed by atoms with Gasteiger partial charge in [-0.1, -0.05) is 146 Å². The minimum atomic E-state index is 0.577. The zero-order chi connectivity index (χ0) is 45.9. The van der Waals surface area contributed by atoms with E-state index >= 15 is 0 Å². The monoisotopic (exact) mass is 911 g/mol. The number of furan rings is 1. The molecule has 0 bridgehead atoms. The predicted molar refractivity (Wildman–Crippen MR) is 290 cm³/mol. The van der Waals surface area contributed by atoms with Gasteiger partial charge in [-0.2, -0.15) is 0 Å². The number of hydrogen-bond acceptors (Lipinski definition) is 5. The van der Waals surface area contributed by atoms with Gasteiger partial charge in [0.1, 0.15) is 11.2 Å². The van der Waals surface area contributed by atoms with Crippen molar-refractivity contribution in [1.29, 1.82) is 0 Å². The first-order valence-corrected chi connectivity index (χ1v) is 24.3. The van der Waals surface area contributed by atoms with Gasteiger partial charge >= 0.3 is 0 Å². The lowest BCUT2D eigenvalue weighted by Crippen LogP contribution is -2.01. The van der Waals surface area contributed by atoms with E-state index in [9.17, 15) is 0 Å². The van der Waals surface area contributed by atoms with Crippen LogP contribution >= 0.6 is 11.3 Å². The van der Waals surface area contributed by atoms with Crippen molar-refractivity contribution in [2.24, 2.45) is 0 Å². The minimum absolute atomic E-state index is 0.577. The van der Waals surface area contributed by atoms with E-state index in [1.165, 1.54) is 58.3 Å². The number of nitrogens with zero attached hydrogens (tertiary/aromatic N) is 5. The van der Waals surface area contributed by atoms with Gasteiger partial charge in [0.05, 0.1) is 22.1 Å². The van der Waals surface area contributed by atoms with Crippen molar-refractivity contribution in [3.05, 3.63) is 224 Å². The van der Waals surface area contributed by atoms with E-state index in [1.807, 2.05) is 41.7 Å². The van der Waals surface area contributed by atoms with Gasteiger partial charge in [-0.3, -0.25) is 0 Å². The lowest BCUT2D eigenvalue weighted by atomic mass is 9.97. The highest BCUT2D eigenvalue weighted by Crippen LogP contribution is 2.44. The normalized spacial score (nSPS) is 12.0. The van der Waals surface area contributed by atoms with E-state index in [0.717, 1.165) is 66.6 Å². The molecule has 15 rings (SSSR count). The van der Waals surface area contributed by atoms with Gasteiger partial charge in [-0.05, 0) is 90.0 Å². The molecule has 0 saturated carbocycles. The van der Waals surface area contributed by atoms with Crippen LogP contribution in [0.5, 0.6) is 0 Å². The standard InChI is InChI=1S/C63H37N5OS/c1-2-15-38(16-3-1)61-64-62(40-17-12-18-41(35-40)67-51-25-8-4-19-44(51)45-20-5-9-26-52(45)67)66-63(65-61)48-24-13-29-56-59(48)49-36-39(31-33-55(49)69-56)43-23-14-30-58-60(43)50-37-42(32-34-57(50)70-58)68-53-27-10-6-21-46(53)47-22-7-11-28-54(47)68/h1-37H. The Hall–Kier alpha value is -9.17. The van der Waals surface area contributed by atoms with Gasteiger partial charge < -0.3 is 13.6 Å². The average Bonchev–Trinajstić information content (AvgIpc) is 4.18. The molecule has 326 valence electrons. The fourth-order valence-corrected chi connectivity index (χ4v) is 12.0. The molecule has 0 saturated heterocycles. The summed E-state index contributed by atoms with van der Waals surface area (Å²) in [5, 5.41) is 9.38. The van der Waals surface area contributed by atoms with Gasteiger partial charge in [-0.25, -0.2) is 15.0 Å². The lowest BCUT2D eigenvalue weighted by Gasteiger charge is -2.12. The van der Waals surface area contributed by atoms with Crippen LogP contribution in [0.1, 0.15) is 0 Å². The molecule has 0 fully saturated rings. The van der Waals surface area contributed by atoms with Crippen molar-refractivity contribution < 1.29 is 4.42 Å². The molecule has 0 spiro atoms. The molecular formula is C63H37N5OS. The van der Waals surface area contributed by atoms with Gasteiger partial charge in [0, 0.05) is 80.6 Å². The zero-order valence-corrected chi connectivity index (χ0v) is 38.2. The first-order valence-electron chi connectivity index (χ1n) is 23.5. The maximum atomic E-state index is 6.66. The van der Waals surface area contributed by atoms with Crippen LogP contribution in [0.15, 0.2) is 229 Å². The van der Waals surface area contributed by atoms with E-state index in [4.69, 9.17) is 19.4 Å². The maximum absolute atomic E-state index is 6.66. The number of thiophene rings is 1. The fourth-order valence-electron chi connectivity index (χ4n) is 10.9. The second-order valence-electron chi connectivity index (χ2n) is 17.9. The Bertz CT molecular complexity index is 4510. The Morgan fingerprint density at radius 2 is 0.871 bits per heavy atom. The quantitative estimate of drug-likeness (QED) is 0.167. The van der Waals surface area contributed by atoms with Crippen LogP contribution < -0.4 is 0 Å². The van der Waals surface area contributed by atoms with Gasteiger partial charge in [0.2, 0.25) is 0 Å². The number of rotatable bonds is 6. The summed E-state index contributed by atoms with van der Waals surface area (Å²) in [6.45, 7) is 0. The maximum Gasteiger partial charge on any atom is 0.164 e. The highest BCUT2D eigenvalue weighted by atomic mass is 32.1. The molecule has 0 amide bonds. The molecule has 0 radical (unpaired) electrons. The van der Waals surface area contributed by atoms with Gasteiger partial charge in [0.15, 0.2) is 17.5 Å². The molecule has 6 nitrogen and oxygen atoms in total. The first kappa shape index (κ1) is 38.9. The number of hydrogen-bond donors (Lipinski definition) is 0. The minimum Gasteiger partial charge on any atom is -0.456 e. The Balaban J connectivity index is 0.902. The number of benzene rings is 10. The molecule has 7 heteroatoms. The molecule has 70 heavy (non-hydrogen) atoms. The van der Waals surface area contributed by atoms with Crippen molar-refractivity contribution in [1.82, 2.24) is 24.1 Å². The largest absolute Gasteiger partial charge is 0.456 e. The van der Waals surface area contributed by atoms with Gasteiger partial charge in [0.25, 0.3) is 0 Å². The number of aromatic nitrogens is 5. The molecule has 5 heterocycles. The zero-order valence-electron chi connectivity index (χ0n) is 37.4. The second kappa shape index (κ2) is 15.2. The number of para-hydroxylation sites is 4. The molecule has 15 aromatic rings. The molecule has 5 aromatic heterocycles. The molecule has 0 unspecified atom stereocenters. The van der Waals surface area contributed by atoms with E-state index in [-0.39, 0.29) is 0 Å². The Morgan fingerprint density at radius 3 is 1.56 bits per heavy atom. The molecule has 0 N–H and O–H groups in total. The van der Waals surface area contributed by atoms with Crippen molar-refractivity contribution >= 4 is 97.1 Å². The van der Waals surface area contributed by atoms with Crippen molar-refractivity contribution in [3.8, 4) is 56.7 Å². The van der Waals surface area contributed by atoms with Crippen molar-refractivity contribution in [2.45, 2.75) is 0 Å². The van der Waals surface area contributed by atoms with Crippen LogP contribution in [0.4, 0.5) is 0 Å². The lowest BCUT2D eigenvalue weighted by molar-refractivity contribution is 0.669. The molecule has 0 aliphatic heterocycles. The summed E-state index contributed by atoms with van der Waals surface area (Å²) in [5.74, 6) is 1.77. The third-order valence-corrected chi connectivity index (χ3v) is 15.1. The Kier molecular flexibility index (Phi) is 8.43. The molecule has 0 atom stereocenters. The first-order chi connectivity index (χ1) is 34.7. The van der Waals surface area contributed by atoms with Crippen molar-refractivity contribution in [2.75, 3.05) is 0 Å². The van der Waals surface area contributed by atoms with Crippen LogP contribution in [0.3, 0.4) is 0 Å². The van der Waals surface area contributed by atoms with E-state index in [0.29, 0.717) is 17.5 Å². The second-order valence-corrected chi connectivity index (χ2v) is 19.0. The Morgan fingerprint density at radius 1 is 0.314 bits per heavy atom. The van der Waals surface area contributed by atoms with Gasteiger partial charge in [-0.15, -0.1) is 11.3 Å². The molecule has 0 aliphatic rings. The van der Waals surface area contributed by atoms with Crippen LogP contribution in [-0.4, -0.2) is 24.1 Å². The van der Waals surface area contributed by atoms with E-state index in [2.05, 4.69) is 203 Å². The van der Waals surface area contributed by atoms with Crippen LogP contribution in [0.2, 0.25) is 0 Å².